The molecule has 0 spiro atoms. The lowest BCUT2D eigenvalue weighted by Gasteiger charge is -2.07. The quantitative estimate of drug-likeness (QED) is 0.846. The second-order valence-corrected chi connectivity index (χ2v) is 4.65. The highest BCUT2D eigenvalue weighted by molar-refractivity contribution is 6.08. The minimum atomic E-state index is -0.458. The molecule has 0 aliphatic carbocycles. The maximum absolute atomic E-state index is 11.8. The molecule has 0 unspecified atom stereocenters. The number of rotatable bonds is 4. The van der Waals surface area contributed by atoms with Gasteiger partial charge in [0.1, 0.15) is 6.42 Å². The molecule has 6 heteroatoms. The lowest BCUT2D eigenvalue weighted by Crippen LogP contribution is -2.21. The summed E-state index contributed by atoms with van der Waals surface area (Å²) in [4.78, 5) is 23.6. The Balaban J connectivity index is 1.87. The Morgan fingerprint density at radius 2 is 1.09 bits per heavy atom. The van der Waals surface area contributed by atoms with Gasteiger partial charge in [-0.1, -0.05) is 0 Å². The molecule has 2 N–H and O–H groups in total. The number of nitriles is 2. The molecular weight excluding hydrogens is 292 g/mol. The Kier molecular flexibility index (Phi) is 5.06. The number of hydrogen-bond acceptors (Lipinski definition) is 4. The molecule has 0 saturated heterocycles. The number of hydrogen-bond donors (Lipinski definition) is 2. The van der Waals surface area contributed by atoms with Crippen molar-refractivity contribution < 1.29 is 9.59 Å². The van der Waals surface area contributed by atoms with Crippen molar-refractivity contribution in [1.29, 1.82) is 10.5 Å². The lowest BCUT2D eigenvalue weighted by atomic mass is 10.2. The van der Waals surface area contributed by atoms with E-state index in [2.05, 4.69) is 10.6 Å². The molecule has 2 rings (SSSR count). The van der Waals surface area contributed by atoms with Gasteiger partial charge >= 0.3 is 0 Å². The van der Waals surface area contributed by atoms with E-state index < -0.39 is 11.8 Å². The minimum absolute atomic E-state index is 0.333. The third-order valence-electron chi connectivity index (χ3n) is 2.92. The molecule has 0 aromatic heterocycles. The molecule has 0 saturated carbocycles. The third kappa shape index (κ3) is 4.69. The van der Waals surface area contributed by atoms with E-state index >= 15 is 0 Å². The van der Waals surface area contributed by atoms with Crippen molar-refractivity contribution in [3.63, 3.8) is 0 Å². The van der Waals surface area contributed by atoms with Gasteiger partial charge in [0.15, 0.2) is 0 Å². The Morgan fingerprint density at radius 1 is 0.739 bits per heavy atom. The fourth-order valence-corrected chi connectivity index (χ4v) is 1.81. The zero-order valence-electron chi connectivity index (χ0n) is 12.0. The molecule has 0 bridgehead atoms. The lowest BCUT2D eigenvalue weighted by molar-refractivity contribution is -0.123. The van der Waals surface area contributed by atoms with Gasteiger partial charge in [0.2, 0.25) is 11.8 Å². The summed E-state index contributed by atoms with van der Waals surface area (Å²) in [5.74, 6) is -0.915. The van der Waals surface area contributed by atoms with E-state index in [1.54, 1.807) is 48.5 Å². The third-order valence-corrected chi connectivity index (χ3v) is 2.92. The average molecular weight is 304 g/mol. The molecule has 0 aliphatic rings. The minimum Gasteiger partial charge on any atom is -0.326 e. The number of carbonyl (C=O) groups is 2. The van der Waals surface area contributed by atoms with Crippen LogP contribution in [0.2, 0.25) is 0 Å². The standard InChI is InChI=1S/C17H12N4O2/c18-10-12-1-5-14(6-2-12)20-16(22)9-17(23)21-15-7-3-13(11-19)4-8-15/h1-8H,9H2,(H,20,22)(H,21,23). The van der Waals surface area contributed by atoms with Crippen molar-refractivity contribution in [3.8, 4) is 12.1 Å². The first-order chi connectivity index (χ1) is 11.1. The summed E-state index contributed by atoms with van der Waals surface area (Å²) in [6.45, 7) is 0. The van der Waals surface area contributed by atoms with E-state index in [9.17, 15) is 9.59 Å². The van der Waals surface area contributed by atoms with Crippen LogP contribution in [0.15, 0.2) is 48.5 Å². The predicted octanol–water partition coefficient (Wildman–Crippen LogP) is 2.40. The molecule has 0 fully saturated rings. The largest absolute Gasteiger partial charge is 0.326 e. The van der Waals surface area contributed by atoms with Crippen LogP contribution in [0.4, 0.5) is 11.4 Å². The number of carbonyl (C=O) groups excluding carboxylic acids is 2. The summed E-state index contributed by atoms with van der Waals surface area (Å²) in [5.41, 5.74) is 2.00. The van der Waals surface area contributed by atoms with Crippen LogP contribution < -0.4 is 10.6 Å². The van der Waals surface area contributed by atoms with Gasteiger partial charge in [-0.15, -0.1) is 0 Å². The zero-order chi connectivity index (χ0) is 16.7. The molecular formula is C17H12N4O2. The van der Waals surface area contributed by atoms with Gasteiger partial charge in [0.25, 0.3) is 0 Å². The van der Waals surface area contributed by atoms with Gasteiger partial charge in [0, 0.05) is 11.4 Å². The average Bonchev–Trinajstić information content (AvgIpc) is 2.56. The topological polar surface area (TPSA) is 106 Å². The van der Waals surface area contributed by atoms with Gasteiger partial charge in [0.05, 0.1) is 23.3 Å². The Morgan fingerprint density at radius 3 is 1.39 bits per heavy atom. The number of nitrogens with one attached hydrogen (secondary N) is 2. The molecule has 0 atom stereocenters. The highest BCUT2D eigenvalue weighted by atomic mass is 16.2. The Labute approximate surface area is 133 Å². The second-order valence-electron chi connectivity index (χ2n) is 4.65. The van der Waals surface area contributed by atoms with E-state index in [-0.39, 0.29) is 6.42 Å². The Hall–Kier alpha value is -3.64. The molecule has 6 nitrogen and oxygen atoms in total. The van der Waals surface area contributed by atoms with E-state index in [0.717, 1.165) is 0 Å². The summed E-state index contributed by atoms with van der Waals surface area (Å²) >= 11 is 0. The smallest absolute Gasteiger partial charge is 0.233 e. The van der Waals surface area contributed by atoms with Gasteiger partial charge in [-0.25, -0.2) is 0 Å². The van der Waals surface area contributed by atoms with Gasteiger partial charge in [-0.2, -0.15) is 10.5 Å². The van der Waals surface area contributed by atoms with Crippen molar-refractivity contribution in [2.24, 2.45) is 0 Å². The summed E-state index contributed by atoms with van der Waals surface area (Å²) in [6, 6.07) is 16.6. The molecule has 0 aliphatic heterocycles. The van der Waals surface area contributed by atoms with Crippen LogP contribution in [-0.2, 0) is 9.59 Å². The Bertz CT molecular complexity index is 727. The molecule has 2 amide bonds. The van der Waals surface area contributed by atoms with Crippen molar-refractivity contribution in [2.45, 2.75) is 6.42 Å². The fraction of sp³-hybridized carbons (Fsp3) is 0.0588. The number of nitrogens with zero attached hydrogens (tertiary/aromatic N) is 2. The van der Waals surface area contributed by atoms with Gasteiger partial charge in [-0.05, 0) is 48.5 Å². The first kappa shape index (κ1) is 15.7. The molecule has 0 heterocycles. The zero-order valence-corrected chi connectivity index (χ0v) is 12.0. The summed E-state index contributed by atoms with van der Waals surface area (Å²) in [7, 11) is 0. The van der Waals surface area contributed by atoms with Gasteiger partial charge < -0.3 is 10.6 Å². The summed E-state index contributed by atoms with van der Waals surface area (Å²) < 4.78 is 0. The van der Waals surface area contributed by atoms with Crippen LogP contribution in [0.5, 0.6) is 0 Å². The van der Waals surface area contributed by atoms with E-state index in [0.29, 0.717) is 22.5 Å². The molecule has 2 aromatic rings. The van der Waals surface area contributed by atoms with Gasteiger partial charge in [-0.3, -0.25) is 9.59 Å². The van der Waals surface area contributed by atoms with Crippen LogP contribution >= 0.6 is 0 Å². The van der Waals surface area contributed by atoms with Crippen LogP contribution in [-0.4, -0.2) is 11.8 Å². The number of amides is 2. The van der Waals surface area contributed by atoms with Crippen LogP contribution in [0.25, 0.3) is 0 Å². The normalized spacial score (nSPS) is 9.30. The summed E-state index contributed by atoms with van der Waals surface area (Å²) in [5, 5.41) is 22.5. The number of anilines is 2. The SMILES string of the molecule is N#Cc1ccc(NC(=O)CC(=O)Nc2ccc(C#N)cc2)cc1. The van der Waals surface area contributed by atoms with E-state index in [4.69, 9.17) is 10.5 Å². The highest BCUT2D eigenvalue weighted by Crippen LogP contribution is 2.11. The monoisotopic (exact) mass is 304 g/mol. The van der Waals surface area contributed by atoms with Crippen LogP contribution in [0.1, 0.15) is 17.5 Å². The molecule has 112 valence electrons. The predicted molar refractivity (Wildman–Crippen MR) is 84.2 cm³/mol. The molecule has 2 aromatic carbocycles. The maximum atomic E-state index is 11.8. The van der Waals surface area contributed by atoms with Crippen molar-refractivity contribution >= 4 is 23.2 Å². The first-order valence-corrected chi connectivity index (χ1v) is 6.71. The maximum Gasteiger partial charge on any atom is 0.233 e. The molecule has 0 radical (unpaired) electrons. The molecule has 23 heavy (non-hydrogen) atoms. The highest BCUT2D eigenvalue weighted by Gasteiger charge is 2.10. The van der Waals surface area contributed by atoms with Crippen LogP contribution in [0.3, 0.4) is 0 Å². The van der Waals surface area contributed by atoms with Crippen molar-refractivity contribution in [3.05, 3.63) is 59.7 Å². The van der Waals surface area contributed by atoms with Crippen molar-refractivity contribution in [1.82, 2.24) is 0 Å². The van der Waals surface area contributed by atoms with Crippen LogP contribution in [0, 0.1) is 22.7 Å². The van der Waals surface area contributed by atoms with Crippen molar-refractivity contribution in [2.75, 3.05) is 10.6 Å². The number of benzene rings is 2. The second kappa shape index (κ2) is 7.39. The first-order valence-electron chi connectivity index (χ1n) is 6.71. The van der Waals surface area contributed by atoms with E-state index in [1.807, 2.05) is 12.1 Å². The van der Waals surface area contributed by atoms with E-state index in [1.165, 1.54) is 0 Å². The summed E-state index contributed by atoms with van der Waals surface area (Å²) in [6.07, 6.45) is -0.333. The fourth-order valence-electron chi connectivity index (χ4n) is 1.81.